The van der Waals surface area contributed by atoms with Gasteiger partial charge in [-0.25, -0.2) is 4.39 Å². The average Bonchev–Trinajstić information content (AvgIpc) is 2.74. The van der Waals surface area contributed by atoms with Gasteiger partial charge >= 0.3 is 0 Å². The van der Waals surface area contributed by atoms with Crippen LogP contribution in [0.15, 0.2) is 66.7 Å². The van der Waals surface area contributed by atoms with Gasteiger partial charge in [-0.05, 0) is 60.2 Å². The molecule has 3 aromatic carbocycles. The van der Waals surface area contributed by atoms with Crippen LogP contribution in [0.3, 0.4) is 0 Å². The lowest BCUT2D eigenvalue weighted by atomic mass is 10.2. The van der Waals surface area contributed by atoms with Crippen molar-refractivity contribution in [2.24, 2.45) is 0 Å². The number of hydrogen-bond acceptors (Lipinski definition) is 3. The molecule has 3 rings (SSSR count). The van der Waals surface area contributed by atoms with Gasteiger partial charge in [0.25, 0.3) is 0 Å². The Morgan fingerprint density at radius 2 is 1.73 bits per heavy atom. The van der Waals surface area contributed by atoms with Crippen molar-refractivity contribution in [1.29, 1.82) is 0 Å². The van der Waals surface area contributed by atoms with E-state index in [0.29, 0.717) is 32.8 Å². The van der Waals surface area contributed by atoms with Gasteiger partial charge in [0, 0.05) is 27.4 Å². The number of anilines is 1. The van der Waals surface area contributed by atoms with Crippen molar-refractivity contribution in [3.05, 3.63) is 93.7 Å². The van der Waals surface area contributed by atoms with Crippen molar-refractivity contribution < 1.29 is 18.7 Å². The zero-order valence-corrected chi connectivity index (χ0v) is 17.5. The van der Waals surface area contributed by atoms with Gasteiger partial charge < -0.3 is 14.8 Å². The quantitative estimate of drug-likeness (QED) is 0.429. The SMILES string of the molecule is COc1cc(C=CC(=O)Nc2ccc(F)cc2)ccc1OCc1c(Cl)cccc1Cl. The first-order valence-electron chi connectivity index (χ1n) is 8.94. The molecule has 154 valence electrons. The molecule has 1 amide bonds. The molecule has 0 unspecified atom stereocenters. The summed E-state index contributed by atoms with van der Waals surface area (Å²) in [6, 6.07) is 16.0. The third-order valence-corrected chi connectivity index (χ3v) is 4.87. The normalized spacial score (nSPS) is 10.8. The second-order valence-corrected chi connectivity index (χ2v) is 7.04. The van der Waals surface area contributed by atoms with Crippen LogP contribution in [0.4, 0.5) is 10.1 Å². The number of nitrogens with one attached hydrogen (secondary N) is 1. The number of rotatable bonds is 7. The summed E-state index contributed by atoms with van der Waals surface area (Å²) in [5, 5.41) is 3.70. The van der Waals surface area contributed by atoms with Crippen molar-refractivity contribution in [2.75, 3.05) is 12.4 Å². The van der Waals surface area contributed by atoms with Gasteiger partial charge in [0.2, 0.25) is 5.91 Å². The van der Waals surface area contributed by atoms with Crippen molar-refractivity contribution in [2.45, 2.75) is 6.61 Å². The largest absolute Gasteiger partial charge is 0.493 e. The number of carbonyl (C=O) groups excluding carboxylic acids is 1. The summed E-state index contributed by atoms with van der Waals surface area (Å²) in [5.74, 6) is 0.310. The molecule has 7 heteroatoms. The second kappa shape index (κ2) is 10.1. The highest BCUT2D eigenvalue weighted by Crippen LogP contribution is 2.31. The lowest BCUT2D eigenvalue weighted by Gasteiger charge is -2.13. The molecule has 0 fully saturated rings. The highest BCUT2D eigenvalue weighted by molar-refractivity contribution is 6.35. The minimum atomic E-state index is -0.366. The Morgan fingerprint density at radius 3 is 2.40 bits per heavy atom. The first-order valence-corrected chi connectivity index (χ1v) is 9.70. The molecule has 0 heterocycles. The molecule has 0 bridgehead atoms. The molecule has 4 nitrogen and oxygen atoms in total. The molecule has 0 spiro atoms. The molecule has 1 N–H and O–H groups in total. The number of halogens is 3. The predicted molar refractivity (Wildman–Crippen MR) is 118 cm³/mol. The van der Waals surface area contributed by atoms with Gasteiger partial charge in [0.05, 0.1) is 7.11 Å². The van der Waals surface area contributed by atoms with Crippen LogP contribution in [-0.4, -0.2) is 13.0 Å². The van der Waals surface area contributed by atoms with E-state index in [2.05, 4.69) is 5.32 Å². The third kappa shape index (κ3) is 5.75. The summed E-state index contributed by atoms with van der Waals surface area (Å²) in [7, 11) is 1.53. The lowest BCUT2D eigenvalue weighted by Crippen LogP contribution is -2.07. The van der Waals surface area contributed by atoms with E-state index in [1.165, 1.54) is 37.5 Å². The molecule has 0 aliphatic heterocycles. The average molecular weight is 446 g/mol. The summed E-state index contributed by atoms with van der Waals surface area (Å²) >= 11 is 12.3. The Labute approximate surface area is 183 Å². The fourth-order valence-electron chi connectivity index (χ4n) is 2.62. The maximum absolute atomic E-state index is 12.9. The van der Waals surface area contributed by atoms with Crippen molar-refractivity contribution in [3.8, 4) is 11.5 Å². The predicted octanol–water partition coefficient (Wildman–Crippen LogP) is 6.37. The molecular formula is C23H18Cl2FNO3. The molecule has 0 saturated carbocycles. The van der Waals surface area contributed by atoms with Crippen LogP contribution in [0.25, 0.3) is 6.08 Å². The molecule has 30 heavy (non-hydrogen) atoms. The van der Waals surface area contributed by atoms with Gasteiger partial charge in [-0.2, -0.15) is 0 Å². The maximum Gasteiger partial charge on any atom is 0.248 e. The lowest BCUT2D eigenvalue weighted by molar-refractivity contribution is -0.111. The first-order chi connectivity index (χ1) is 14.5. The van der Waals surface area contributed by atoms with E-state index in [-0.39, 0.29) is 18.3 Å². The molecule has 0 radical (unpaired) electrons. The Bertz CT molecular complexity index is 1050. The van der Waals surface area contributed by atoms with Crippen LogP contribution in [0.1, 0.15) is 11.1 Å². The van der Waals surface area contributed by atoms with E-state index in [1.807, 2.05) is 0 Å². The molecular weight excluding hydrogens is 428 g/mol. The van der Waals surface area contributed by atoms with E-state index in [9.17, 15) is 9.18 Å². The topological polar surface area (TPSA) is 47.6 Å². The molecule has 0 aliphatic rings. The summed E-state index contributed by atoms with van der Waals surface area (Å²) in [6.07, 6.45) is 3.01. The van der Waals surface area contributed by atoms with Gasteiger partial charge in [0.15, 0.2) is 11.5 Å². The van der Waals surface area contributed by atoms with Crippen LogP contribution in [0.2, 0.25) is 10.0 Å². The van der Waals surface area contributed by atoms with Crippen molar-refractivity contribution >= 4 is 40.9 Å². The summed E-state index contributed by atoms with van der Waals surface area (Å²) in [4.78, 5) is 12.0. The fourth-order valence-corrected chi connectivity index (χ4v) is 3.12. The summed E-state index contributed by atoms with van der Waals surface area (Å²) in [5.41, 5.74) is 1.93. The standard InChI is InChI=1S/C23H18Cl2FNO3/c1-29-22-13-15(6-12-23(28)27-17-9-7-16(26)8-10-17)5-11-21(22)30-14-18-19(24)3-2-4-20(18)25/h2-13H,14H2,1H3,(H,27,28). The zero-order valence-electron chi connectivity index (χ0n) is 16.0. The number of hydrogen-bond donors (Lipinski definition) is 1. The van der Waals surface area contributed by atoms with Crippen LogP contribution in [0.5, 0.6) is 11.5 Å². The van der Waals surface area contributed by atoms with Gasteiger partial charge in [-0.1, -0.05) is 35.3 Å². The van der Waals surface area contributed by atoms with E-state index >= 15 is 0 Å². The fraction of sp³-hybridized carbons (Fsp3) is 0.0870. The van der Waals surface area contributed by atoms with Crippen molar-refractivity contribution in [3.63, 3.8) is 0 Å². The van der Waals surface area contributed by atoms with Crippen molar-refractivity contribution in [1.82, 2.24) is 0 Å². The van der Waals surface area contributed by atoms with Crippen LogP contribution in [-0.2, 0) is 11.4 Å². The Morgan fingerprint density at radius 1 is 1.03 bits per heavy atom. The first kappa shape index (κ1) is 21.7. The highest BCUT2D eigenvalue weighted by Gasteiger charge is 2.10. The number of methoxy groups -OCH3 is 1. The molecule has 0 aromatic heterocycles. The zero-order chi connectivity index (χ0) is 21.5. The molecule has 0 atom stereocenters. The van der Waals surface area contributed by atoms with E-state index < -0.39 is 0 Å². The maximum atomic E-state index is 12.9. The smallest absolute Gasteiger partial charge is 0.248 e. The number of amides is 1. The number of benzene rings is 3. The Kier molecular flexibility index (Phi) is 7.33. The Hall–Kier alpha value is -3.02. The van der Waals surface area contributed by atoms with Crippen LogP contribution >= 0.6 is 23.2 Å². The van der Waals surface area contributed by atoms with Gasteiger partial charge in [-0.15, -0.1) is 0 Å². The summed E-state index contributed by atoms with van der Waals surface area (Å²) < 4.78 is 24.1. The van der Waals surface area contributed by atoms with E-state index in [0.717, 1.165) is 5.56 Å². The minimum Gasteiger partial charge on any atom is -0.493 e. The van der Waals surface area contributed by atoms with Gasteiger partial charge in [0.1, 0.15) is 12.4 Å². The third-order valence-electron chi connectivity index (χ3n) is 4.16. The van der Waals surface area contributed by atoms with Gasteiger partial charge in [-0.3, -0.25) is 4.79 Å². The number of ether oxygens (including phenoxy) is 2. The molecule has 0 aliphatic carbocycles. The number of carbonyl (C=O) groups is 1. The van der Waals surface area contributed by atoms with Crippen LogP contribution in [0, 0.1) is 5.82 Å². The second-order valence-electron chi connectivity index (χ2n) is 6.23. The molecule has 3 aromatic rings. The van der Waals surface area contributed by atoms with E-state index in [4.69, 9.17) is 32.7 Å². The minimum absolute atomic E-state index is 0.185. The summed E-state index contributed by atoms with van der Waals surface area (Å²) in [6.45, 7) is 0.185. The monoisotopic (exact) mass is 445 g/mol. The van der Waals surface area contributed by atoms with Crippen LogP contribution < -0.4 is 14.8 Å². The highest BCUT2D eigenvalue weighted by atomic mass is 35.5. The Balaban J connectivity index is 1.66. The molecule has 0 saturated heterocycles. The van der Waals surface area contributed by atoms with E-state index in [1.54, 1.807) is 42.5 Å².